The number of aryl methyl sites for hydroxylation is 1. The molecule has 2 saturated heterocycles. The van der Waals surface area contributed by atoms with E-state index in [1.165, 1.54) is 10.6 Å². The number of likely N-dealkylation sites (tertiary alicyclic amines) is 1. The van der Waals surface area contributed by atoms with Gasteiger partial charge in [-0.1, -0.05) is 6.42 Å². The van der Waals surface area contributed by atoms with Gasteiger partial charge in [-0.25, -0.2) is 22.7 Å². The second-order valence-corrected chi connectivity index (χ2v) is 10.9. The highest BCUT2D eigenvalue weighted by Crippen LogP contribution is 2.49. The zero-order chi connectivity index (χ0) is 20.6. The normalized spacial score (nSPS) is 28.5. The van der Waals surface area contributed by atoms with Crippen molar-refractivity contribution >= 4 is 15.9 Å². The summed E-state index contributed by atoms with van der Waals surface area (Å²) in [6.45, 7) is 4.85. The number of nitrogens with zero attached hydrogens (tertiary/aromatic N) is 4. The van der Waals surface area contributed by atoms with Crippen LogP contribution in [0.15, 0.2) is 12.4 Å². The molecule has 0 spiro atoms. The number of fused-ring (bicyclic) bond motifs is 1. The van der Waals surface area contributed by atoms with E-state index in [0.29, 0.717) is 51.0 Å². The van der Waals surface area contributed by atoms with Crippen LogP contribution < -0.4 is 4.74 Å². The lowest BCUT2D eigenvalue weighted by Crippen LogP contribution is -2.44. The Morgan fingerprint density at radius 2 is 1.93 bits per heavy atom. The van der Waals surface area contributed by atoms with E-state index in [1.54, 1.807) is 12.4 Å². The first-order valence-corrected chi connectivity index (χ1v) is 12.3. The molecule has 0 N–H and O–H groups in total. The molecule has 8 nitrogen and oxygen atoms in total. The van der Waals surface area contributed by atoms with Crippen molar-refractivity contribution in [3.63, 3.8) is 0 Å². The lowest BCUT2D eigenvalue weighted by atomic mass is 9.81. The standard InChI is InChI=1S/C20H30N4O4S/c1-15-10-21-19(22-11-15)28-14-20-7-3-4-17(20)12-23(13-20)18(25)16-5-8-24(9-6-16)29(2,26)27/h10-11,16-17H,3-9,12-14H2,1-2H3. The van der Waals surface area contributed by atoms with E-state index in [4.69, 9.17) is 4.74 Å². The van der Waals surface area contributed by atoms with Crippen molar-refractivity contribution in [3.05, 3.63) is 18.0 Å². The fourth-order valence-electron chi connectivity index (χ4n) is 5.17. The molecule has 0 bridgehead atoms. The summed E-state index contributed by atoms with van der Waals surface area (Å²) in [7, 11) is -3.17. The first-order chi connectivity index (χ1) is 13.8. The Bertz CT molecular complexity index is 852. The van der Waals surface area contributed by atoms with Gasteiger partial charge >= 0.3 is 6.01 Å². The van der Waals surface area contributed by atoms with Gasteiger partial charge in [0.05, 0.1) is 12.9 Å². The van der Waals surface area contributed by atoms with Gasteiger partial charge in [-0.3, -0.25) is 4.79 Å². The number of hydrogen-bond acceptors (Lipinski definition) is 6. The average molecular weight is 423 g/mol. The monoisotopic (exact) mass is 422 g/mol. The predicted octanol–water partition coefficient (Wildman–Crippen LogP) is 1.46. The summed E-state index contributed by atoms with van der Waals surface area (Å²) in [6.07, 6.45) is 9.28. The third-order valence-corrected chi connectivity index (χ3v) is 8.17. The molecule has 3 aliphatic rings. The molecule has 1 aromatic heterocycles. The molecular formula is C20H30N4O4S. The number of hydrogen-bond donors (Lipinski definition) is 0. The zero-order valence-corrected chi connectivity index (χ0v) is 18.0. The second-order valence-electron chi connectivity index (χ2n) is 8.94. The minimum atomic E-state index is -3.17. The highest BCUT2D eigenvalue weighted by Gasteiger charge is 2.52. The Hall–Kier alpha value is -1.74. The van der Waals surface area contributed by atoms with Gasteiger partial charge in [0.1, 0.15) is 0 Å². The number of amides is 1. The SMILES string of the molecule is Cc1cnc(OCC23CCCC2CN(C(=O)C2CCN(S(C)(=O)=O)CC2)C3)nc1. The van der Waals surface area contributed by atoms with Crippen molar-refractivity contribution in [2.24, 2.45) is 17.3 Å². The number of carbonyl (C=O) groups is 1. The molecule has 0 radical (unpaired) electrons. The number of aromatic nitrogens is 2. The van der Waals surface area contributed by atoms with E-state index < -0.39 is 10.0 Å². The molecule has 160 valence electrons. The summed E-state index contributed by atoms with van der Waals surface area (Å²) >= 11 is 0. The van der Waals surface area contributed by atoms with Crippen LogP contribution >= 0.6 is 0 Å². The van der Waals surface area contributed by atoms with E-state index in [0.717, 1.165) is 31.4 Å². The molecule has 1 amide bonds. The van der Waals surface area contributed by atoms with Crippen LogP contribution in [0.4, 0.5) is 0 Å². The zero-order valence-electron chi connectivity index (χ0n) is 17.2. The second kappa shape index (κ2) is 7.83. The van der Waals surface area contributed by atoms with Crippen LogP contribution in [0.2, 0.25) is 0 Å². The van der Waals surface area contributed by atoms with Crippen molar-refractivity contribution in [3.8, 4) is 6.01 Å². The molecular weight excluding hydrogens is 392 g/mol. The number of rotatable bonds is 5. The average Bonchev–Trinajstić information content (AvgIpc) is 3.24. The molecule has 1 aliphatic carbocycles. The summed E-state index contributed by atoms with van der Waals surface area (Å²) in [6, 6.07) is 0.397. The lowest BCUT2D eigenvalue weighted by Gasteiger charge is -2.32. The van der Waals surface area contributed by atoms with E-state index in [9.17, 15) is 13.2 Å². The van der Waals surface area contributed by atoms with Crippen LogP contribution in [0.5, 0.6) is 6.01 Å². The van der Waals surface area contributed by atoms with Gasteiger partial charge in [0.15, 0.2) is 0 Å². The number of carbonyl (C=O) groups excluding carboxylic acids is 1. The number of ether oxygens (including phenoxy) is 1. The molecule has 1 aromatic rings. The van der Waals surface area contributed by atoms with E-state index >= 15 is 0 Å². The fraction of sp³-hybridized carbons (Fsp3) is 0.750. The minimum absolute atomic E-state index is 0.0165. The molecule has 2 aliphatic heterocycles. The quantitative estimate of drug-likeness (QED) is 0.713. The van der Waals surface area contributed by atoms with Crippen molar-refractivity contribution in [1.29, 1.82) is 0 Å². The third kappa shape index (κ3) is 4.26. The van der Waals surface area contributed by atoms with E-state index in [-0.39, 0.29) is 17.2 Å². The van der Waals surface area contributed by atoms with Crippen molar-refractivity contribution in [2.45, 2.75) is 39.0 Å². The fourth-order valence-corrected chi connectivity index (χ4v) is 6.05. The highest BCUT2D eigenvalue weighted by atomic mass is 32.2. The highest BCUT2D eigenvalue weighted by molar-refractivity contribution is 7.88. The Kier molecular flexibility index (Phi) is 5.54. The summed E-state index contributed by atoms with van der Waals surface area (Å²) in [5.41, 5.74) is 0.978. The molecule has 2 unspecified atom stereocenters. The summed E-state index contributed by atoms with van der Waals surface area (Å²) < 4.78 is 30.8. The van der Waals surface area contributed by atoms with Gasteiger partial charge in [0.25, 0.3) is 0 Å². The summed E-state index contributed by atoms with van der Waals surface area (Å²) in [4.78, 5) is 23.6. The molecule has 3 heterocycles. The summed E-state index contributed by atoms with van der Waals surface area (Å²) in [5.74, 6) is 0.553. The third-order valence-electron chi connectivity index (χ3n) is 6.87. The van der Waals surface area contributed by atoms with Crippen LogP contribution in [0.3, 0.4) is 0 Å². The minimum Gasteiger partial charge on any atom is -0.463 e. The molecule has 9 heteroatoms. The van der Waals surface area contributed by atoms with Crippen LogP contribution in [0.25, 0.3) is 0 Å². The molecule has 1 saturated carbocycles. The maximum Gasteiger partial charge on any atom is 0.316 e. The molecule has 29 heavy (non-hydrogen) atoms. The van der Waals surface area contributed by atoms with E-state index in [2.05, 4.69) is 9.97 Å². The van der Waals surface area contributed by atoms with Crippen molar-refractivity contribution in [1.82, 2.24) is 19.2 Å². The maximum atomic E-state index is 13.1. The van der Waals surface area contributed by atoms with Crippen LogP contribution in [0.1, 0.15) is 37.7 Å². The van der Waals surface area contributed by atoms with Crippen molar-refractivity contribution in [2.75, 3.05) is 39.0 Å². The van der Waals surface area contributed by atoms with Crippen LogP contribution in [0, 0.1) is 24.2 Å². The van der Waals surface area contributed by atoms with Crippen LogP contribution in [-0.4, -0.2) is 72.5 Å². The molecule has 3 fully saturated rings. The van der Waals surface area contributed by atoms with Gasteiger partial charge in [0.2, 0.25) is 15.9 Å². The Morgan fingerprint density at radius 1 is 1.24 bits per heavy atom. The van der Waals surface area contributed by atoms with Gasteiger partial charge in [-0.2, -0.15) is 0 Å². The Labute approximate surface area is 172 Å². The molecule has 0 aromatic carbocycles. The van der Waals surface area contributed by atoms with Crippen LogP contribution in [-0.2, 0) is 14.8 Å². The smallest absolute Gasteiger partial charge is 0.316 e. The molecule has 2 atom stereocenters. The Balaban J connectivity index is 1.37. The van der Waals surface area contributed by atoms with Gasteiger partial charge in [0, 0.05) is 49.9 Å². The predicted molar refractivity (Wildman–Crippen MR) is 108 cm³/mol. The first-order valence-electron chi connectivity index (χ1n) is 10.4. The number of sulfonamides is 1. The first kappa shape index (κ1) is 20.5. The molecule has 4 rings (SSSR count). The van der Waals surface area contributed by atoms with Gasteiger partial charge in [-0.15, -0.1) is 0 Å². The summed E-state index contributed by atoms with van der Waals surface area (Å²) in [5, 5.41) is 0. The van der Waals surface area contributed by atoms with Gasteiger partial charge < -0.3 is 9.64 Å². The van der Waals surface area contributed by atoms with Crippen molar-refractivity contribution < 1.29 is 17.9 Å². The number of piperidine rings is 1. The lowest BCUT2D eigenvalue weighted by molar-refractivity contribution is -0.136. The topological polar surface area (TPSA) is 92.7 Å². The Morgan fingerprint density at radius 3 is 2.59 bits per heavy atom. The van der Waals surface area contributed by atoms with E-state index in [1.807, 2.05) is 11.8 Å². The largest absolute Gasteiger partial charge is 0.463 e. The van der Waals surface area contributed by atoms with Gasteiger partial charge in [-0.05, 0) is 44.1 Å². The maximum absolute atomic E-state index is 13.1.